The number of para-hydroxylation sites is 1. The van der Waals surface area contributed by atoms with Gasteiger partial charge in [-0.05, 0) is 35.9 Å². The number of fused-ring (bicyclic) bond motifs is 2. The van der Waals surface area contributed by atoms with Gasteiger partial charge in [-0.25, -0.2) is 4.39 Å². The summed E-state index contributed by atoms with van der Waals surface area (Å²) >= 11 is 3.42. The van der Waals surface area contributed by atoms with Gasteiger partial charge in [-0.3, -0.25) is 4.79 Å². The number of hydrogen-bond donors (Lipinski definition) is 0. The van der Waals surface area contributed by atoms with Crippen molar-refractivity contribution in [1.29, 1.82) is 0 Å². The van der Waals surface area contributed by atoms with Crippen molar-refractivity contribution in [2.24, 2.45) is 0 Å². The molecule has 0 spiro atoms. The highest BCUT2D eigenvalue weighted by atomic mass is 32.2. The third-order valence-electron chi connectivity index (χ3n) is 3.57. The van der Waals surface area contributed by atoms with Crippen molar-refractivity contribution in [2.75, 3.05) is 5.75 Å². The van der Waals surface area contributed by atoms with E-state index in [1.165, 1.54) is 27.8 Å². The van der Waals surface area contributed by atoms with Crippen LogP contribution in [0.1, 0.15) is 25.9 Å². The van der Waals surface area contributed by atoms with E-state index in [4.69, 9.17) is 4.42 Å². The number of aryl methyl sites for hydroxylation is 1. The van der Waals surface area contributed by atoms with Gasteiger partial charge in [-0.1, -0.05) is 12.1 Å². The number of benzene rings is 1. The Morgan fingerprint density at radius 1 is 1.29 bits per heavy atom. The van der Waals surface area contributed by atoms with E-state index in [1.807, 2.05) is 17.8 Å². The van der Waals surface area contributed by atoms with E-state index in [1.54, 1.807) is 18.2 Å². The molecule has 3 heterocycles. The summed E-state index contributed by atoms with van der Waals surface area (Å²) in [5, 5.41) is 0.621. The lowest BCUT2D eigenvalue weighted by molar-refractivity contribution is 0.101. The van der Waals surface area contributed by atoms with E-state index in [9.17, 15) is 9.18 Å². The zero-order valence-electron chi connectivity index (χ0n) is 11.0. The lowest BCUT2D eigenvalue weighted by atomic mass is 10.2. The molecular weight excluding hydrogens is 307 g/mol. The maximum atomic E-state index is 13.6. The monoisotopic (exact) mass is 318 g/mol. The molecule has 0 fully saturated rings. The van der Waals surface area contributed by atoms with Crippen LogP contribution in [0.4, 0.5) is 4.39 Å². The van der Waals surface area contributed by atoms with Crippen molar-refractivity contribution in [2.45, 2.75) is 12.2 Å². The second kappa shape index (κ2) is 5.00. The van der Waals surface area contributed by atoms with Gasteiger partial charge in [-0.15, -0.1) is 11.3 Å². The van der Waals surface area contributed by atoms with E-state index < -0.39 is 5.82 Å². The smallest absolute Gasteiger partial charge is 0.238 e. The molecule has 0 unspecified atom stereocenters. The molecule has 1 aliphatic heterocycles. The quantitative estimate of drug-likeness (QED) is 0.644. The molecule has 4 rings (SSSR count). The molecule has 0 radical (unpaired) electrons. The van der Waals surface area contributed by atoms with Crippen molar-refractivity contribution < 1.29 is 13.6 Å². The van der Waals surface area contributed by atoms with Gasteiger partial charge in [0.1, 0.15) is 0 Å². The molecule has 0 aliphatic carbocycles. The van der Waals surface area contributed by atoms with E-state index in [0.29, 0.717) is 10.3 Å². The molecule has 0 amide bonds. The molecular formula is C16H11FO2S2. The first kappa shape index (κ1) is 13.1. The Bertz CT molecular complexity index is 824. The minimum absolute atomic E-state index is 0.151. The summed E-state index contributed by atoms with van der Waals surface area (Å²) in [6.07, 6.45) is 1.02. The third kappa shape index (κ3) is 2.21. The highest BCUT2D eigenvalue weighted by molar-refractivity contribution is 7.98. The normalized spacial score (nSPS) is 14.3. The molecule has 2 nitrogen and oxygen atoms in total. The van der Waals surface area contributed by atoms with Gasteiger partial charge in [0.2, 0.25) is 5.78 Å². The Morgan fingerprint density at radius 2 is 2.19 bits per heavy atom. The van der Waals surface area contributed by atoms with Crippen molar-refractivity contribution in [3.8, 4) is 0 Å². The molecule has 1 aromatic carbocycles. The van der Waals surface area contributed by atoms with E-state index in [-0.39, 0.29) is 17.1 Å². The van der Waals surface area contributed by atoms with Gasteiger partial charge in [0.25, 0.3) is 0 Å². The number of ketones is 1. The van der Waals surface area contributed by atoms with Crippen LogP contribution in [0, 0.1) is 5.82 Å². The van der Waals surface area contributed by atoms with Crippen LogP contribution in [0.3, 0.4) is 0 Å². The Balaban J connectivity index is 1.75. The van der Waals surface area contributed by atoms with Gasteiger partial charge in [0, 0.05) is 16.0 Å². The summed E-state index contributed by atoms with van der Waals surface area (Å²) in [6.45, 7) is 0. The van der Waals surface area contributed by atoms with Crippen LogP contribution in [-0.2, 0) is 12.2 Å². The number of carbonyl (C=O) groups is 1. The summed E-state index contributed by atoms with van der Waals surface area (Å²) in [7, 11) is 0. The summed E-state index contributed by atoms with van der Waals surface area (Å²) in [5.74, 6) is 1.69. The summed E-state index contributed by atoms with van der Waals surface area (Å²) < 4.78 is 19.1. The van der Waals surface area contributed by atoms with Crippen LogP contribution < -0.4 is 0 Å². The number of thiophene rings is 1. The predicted octanol–water partition coefficient (Wildman–Crippen LogP) is 4.65. The van der Waals surface area contributed by atoms with E-state index >= 15 is 0 Å². The average molecular weight is 318 g/mol. The van der Waals surface area contributed by atoms with Crippen LogP contribution in [0.2, 0.25) is 0 Å². The zero-order valence-corrected chi connectivity index (χ0v) is 12.7. The van der Waals surface area contributed by atoms with Crippen LogP contribution in [0.15, 0.2) is 34.7 Å². The Labute approximate surface area is 129 Å². The lowest BCUT2D eigenvalue weighted by Crippen LogP contribution is -1.96. The standard InChI is InChI=1S/C16H11FO2S2/c17-11-3-1-2-9-6-12(19-16(9)11)15(18)14-7-10-8-20-5-4-13(10)21-14/h1-3,6-7H,4-5,8H2. The summed E-state index contributed by atoms with van der Waals surface area (Å²) in [4.78, 5) is 14.5. The third-order valence-corrected chi connectivity index (χ3v) is 5.82. The molecule has 5 heteroatoms. The number of furan rings is 1. The molecule has 0 saturated carbocycles. The summed E-state index contributed by atoms with van der Waals surface area (Å²) in [5.41, 5.74) is 1.40. The van der Waals surface area contributed by atoms with Crippen LogP contribution in [0.5, 0.6) is 0 Å². The lowest BCUT2D eigenvalue weighted by Gasteiger charge is -2.08. The number of rotatable bonds is 2. The number of hydrogen-bond acceptors (Lipinski definition) is 4. The van der Waals surface area contributed by atoms with Crippen molar-refractivity contribution >= 4 is 39.9 Å². The molecule has 0 atom stereocenters. The van der Waals surface area contributed by atoms with Crippen molar-refractivity contribution in [3.63, 3.8) is 0 Å². The van der Waals surface area contributed by atoms with Crippen molar-refractivity contribution in [1.82, 2.24) is 0 Å². The van der Waals surface area contributed by atoms with Gasteiger partial charge in [-0.2, -0.15) is 11.8 Å². The molecule has 0 saturated heterocycles. The van der Waals surface area contributed by atoms with E-state index in [2.05, 4.69) is 0 Å². The fourth-order valence-electron chi connectivity index (χ4n) is 2.52. The highest BCUT2D eigenvalue weighted by Gasteiger charge is 2.21. The second-order valence-electron chi connectivity index (χ2n) is 4.96. The van der Waals surface area contributed by atoms with Gasteiger partial charge >= 0.3 is 0 Å². The number of carbonyl (C=O) groups excluding carboxylic acids is 1. The van der Waals surface area contributed by atoms with Crippen LogP contribution in [0.25, 0.3) is 11.0 Å². The molecule has 21 heavy (non-hydrogen) atoms. The van der Waals surface area contributed by atoms with Gasteiger partial charge in [0.15, 0.2) is 17.2 Å². The largest absolute Gasteiger partial charge is 0.449 e. The summed E-state index contributed by atoms with van der Waals surface area (Å²) in [6, 6.07) is 8.27. The molecule has 2 aromatic heterocycles. The van der Waals surface area contributed by atoms with Crippen molar-refractivity contribution in [3.05, 3.63) is 57.2 Å². The topological polar surface area (TPSA) is 30.2 Å². The predicted molar refractivity (Wildman–Crippen MR) is 83.8 cm³/mol. The minimum Gasteiger partial charge on any atom is -0.449 e. The van der Waals surface area contributed by atoms with Gasteiger partial charge in [0.05, 0.1) is 4.88 Å². The Morgan fingerprint density at radius 3 is 3.00 bits per heavy atom. The molecule has 106 valence electrons. The fourth-order valence-corrected chi connectivity index (χ4v) is 4.84. The average Bonchev–Trinajstić information content (AvgIpc) is 3.11. The maximum absolute atomic E-state index is 13.6. The highest BCUT2D eigenvalue weighted by Crippen LogP contribution is 2.33. The SMILES string of the molecule is O=C(c1cc2cccc(F)c2o1)c1cc2c(s1)CCSC2. The first-order valence-corrected chi connectivity index (χ1v) is 8.61. The zero-order chi connectivity index (χ0) is 14.4. The fraction of sp³-hybridized carbons (Fsp3) is 0.188. The second-order valence-corrected chi connectivity index (χ2v) is 7.20. The van der Waals surface area contributed by atoms with Crippen LogP contribution in [-0.4, -0.2) is 11.5 Å². The van der Waals surface area contributed by atoms with Gasteiger partial charge < -0.3 is 4.42 Å². The Hall–Kier alpha value is -1.59. The first-order valence-electron chi connectivity index (χ1n) is 6.64. The molecule has 0 bridgehead atoms. The molecule has 0 N–H and O–H groups in total. The number of thioether (sulfide) groups is 1. The minimum atomic E-state index is -0.437. The molecule has 1 aliphatic rings. The Kier molecular flexibility index (Phi) is 3.12. The maximum Gasteiger partial charge on any atom is 0.238 e. The van der Waals surface area contributed by atoms with Crippen LogP contribution >= 0.6 is 23.1 Å². The first-order chi connectivity index (χ1) is 10.2. The number of halogens is 1. The molecule has 3 aromatic rings. The van der Waals surface area contributed by atoms with E-state index in [0.717, 1.165) is 17.9 Å².